The molecule has 0 aliphatic carbocycles. The number of carbonyl (C=O) groups is 2. The number of carbonyl (C=O) groups excluding carboxylic acids is 2. The number of rotatable bonds is 5. The standard InChI is InChI=1S/C17H15ClN2O4S/c1-11-10-12(6-7-15(11)18)25(23,24)19-8-9-20-16(21)13-4-2-3-5-14(13)17(20)22/h2-7,10,19H,8-9H2,1H3. The minimum Gasteiger partial charge on any atom is -0.273 e. The molecule has 0 bridgehead atoms. The molecule has 0 unspecified atom stereocenters. The second-order valence-corrected chi connectivity index (χ2v) is 7.79. The van der Waals surface area contributed by atoms with Gasteiger partial charge in [0.05, 0.1) is 16.0 Å². The Kier molecular flexibility index (Phi) is 4.64. The Morgan fingerprint density at radius 3 is 2.20 bits per heavy atom. The first-order valence-corrected chi connectivity index (χ1v) is 9.38. The van der Waals surface area contributed by atoms with E-state index in [-0.39, 0.29) is 18.0 Å². The average Bonchev–Trinajstić information content (AvgIpc) is 2.82. The zero-order valence-corrected chi connectivity index (χ0v) is 14.9. The first kappa shape index (κ1) is 17.6. The maximum Gasteiger partial charge on any atom is 0.261 e. The Hall–Kier alpha value is -2.22. The predicted molar refractivity (Wildman–Crippen MR) is 93.2 cm³/mol. The van der Waals surface area contributed by atoms with Gasteiger partial charge in [-0.2, -0.15) is 0 Å². The third kappa shape index (κ3) is 3.30. The molecule has 0 aromatic heterocycles. The molecule has 130 valence electrons. The first-order chi connectivity index (χ1) is 11.8. The van der Waals surface area contributed by atoms with Crippen molar-refractivity contribution in [2.75, 3.05) is 13.1 Å². The van der Waals surface area contributed by atoms with Crippen LogP contribution in [0, 0.1) is 6.92 Å². The summed E-state index contributed by atoms with van der Waals surface area (Å²) in [6, 6.07) is 10.9. The molecule has 1 N–H and O–H groups in total. The Labute approximate surface area is 150 Å². The summed E-state index contributed by atoms with van der Waals surface area (Å²) in [6.07, 6.45) is 0. The molecule has 0 fully saturated rings. The Balaban J connectivity index is 1.68. The van der Waals surface area contributed by atoms with Crippen LogP contribution in [0.25, 0.3) is 0 Å². The molecular weight excluding hydrogens is 364 g/mol. The van der Waals surface area contributed by atoms with Gasteiger partial charge in [0.1, 0.15) is 0 Å². The fourth-order valence-electron chi connectivity index (χ4n) is 2.60. The number of hydrogen-bond donors (Lipinski definition) is 1. The van der Waals surface area contributed by atoms with Gasteiger partial charge in [-0.25, -0.2) is 13.1 Å². The molecule has 2 amide bonds. The SMILES string of the molecule is Cc1cc(S(=O)(=O)NCCN2C(=O)c3ccccc3C2=O)ccc1Cl. The van der Waals surface area contributed by atoms with Gasteiger partial charge in [0.2, 0.25) is 10.0 Å². The molecule has 2 aromatic rings. The summed E-state index contributed by atoms with van der Waals surface area (Å²) >= 11 is 5.90. The molecule has 1 aliphatic heterocycles. The van der Waals surface area contributed by atoms with Crippen molar-refractivity contribution >= 4 is 33.4 Å². The summed E-state index contributed by atoms with van der Waals surface area (Å²) in [5.41, 5.74) is 1.32. The van der Waals surface area contributed by atoms with E-state index in [1.165, 1.54) is 18.2 Å². The van der Waals surface area contributed by atoms with Crippen LogP contribution in [-0.4, -0.2) is 38.2 Å². The van der Waals surface area contributed by atoms with Crippen LogP contribution >= 0.6 is 11.6 Å². The molecule has 2 aromatic carbocycles. The normalized spacial score (nSPS) is 14.1. The quantitative estimate of drug-likeness (QED) is 0.808. The molecule has 0 saturated carbocycles. The summed E-state index contributed by atoms with van der Waals surface area (Å²) in [6.45, 7) is 1.59. The summed E-state index contributed by atoms with van der Waals surface area (Å²) in [5.74, 6) is -0.829. The van der Waals surface area contributed by atoms with Crippen LogP contribution in [0.4, 0.5) is 0 Å². The number of sulfonamides is 1. The van der Waals surface area contributed by atoms with Gasteiger partial charge in [-0.3, -0.25) is 14.5 Å². The first-order valence-electron chi connectivity index (χ1n) is 7.52. The fraction of sp³-hybridized carbons (Fsp3) is 0.176. The molecule has 1 heterocycles. The largest absolute Gasteiger partial charge is 0.273 e. The molecule has 0 saturated heterocycles. The number of imide groups is 1. The van der Waals surface area contributed by atoms with E-state index >= 15 is 0 Å². The number of nitrogens with one attached hydrogen (secondary N) is 1. The van der Waals surface area contributed by atoms with Crippen molar-refractivity contribution in [3.05, 3.63) is 64.2 Å². The van der Waals surface area contributed by atoms with Crippen LogP contribution in [0.1, 0.15) is 26.3 Å². The van der Waals surface area contributed by atoms with Crippen molar-refractivity contribution in [3.63, 3.8) is 0 Å². The van der Waals surface area contributed by atoms with Crippen LogP contribution in [0.15, 0.2) is 47.4 Å². The lowest BCUT2D eigenvalue weighted by Gasteiger charge is -2.14. The molecule has 3 rings (SSSR count). The molecule has 0 atom stereocenters. The highest BCUT2D eigenvalue weighted by molar-refractivity contribution is 7.89. The number of amides is 2. The van der Waals surface area contributed by atoms with Gasteiger partial charge >= 0.3 is 0 Å². The van der Waals surface area contributed by atoms with Gasteiger partial charge in [0.25, 0.3) is 11.8 Å². The molecular formula is C17H15ClN2O4S. The van der Waals surface area contributed by atoms with E-state index in [2.05, 4.69) is 4.72 Å². The maximum absolute atomic E-state index is 12.3. The van der Waals surface area contributed by atoms with Crippen LogP contribution < -0.4 is 4.72 Å². The summed E-state index contributed by atoms with van der Waals surface area (Å²) in [5, 5.41) is 0.477. The van der Waals surface area contributed by atoms with Gasteiger partial charge in [0, 0.05) is 18.1 Å². The number of halogens is 1. The van der Waals surface area contributed by atoms with Crippen molar-refractivity contribution in [1.29, 1.82) is 0 Å². The van der Waals surface area contributed by atoms with E-state index in [4.69, 9.17) is 11.6 Å². The van der Waals surface area contributed by atoms with E-state index in [0.29, 0.717) is 21.7 Å². The molecule has 8 heteroatoms. The van der Waals surface area contributed by atoms with Gasteiger partial charge < -0.3 is 0 Å². The fourth-order valence-corrected chi connectivity index (χ4v) is 3.83. The predicted octanol–water partition coefficient (Wildman–Crippen LogP) is 2.22. The average molecular weight is 379 g/mol. The van der Waals surface area contributed by atoms with Crippen LogP contribution in [-0.2, 0) is 10.0 Å². The number of hydrogen-bond acceptors (Lipinski definition) is 4. The van der Waals surface area contributed by atoms with Gasteiger partial charge in [-0.15, -0.1) is 0 Å². The topological polar surface area (TPSA) is 83.6 Å². The molecule has 6 nitrogen and oxygen atoms in total. The zero-order valence-electron chi connectivity index (χ0n) is 13.3. The molecule has 25 heavy (non-hydrogen) atoms. The van der Waals surface area contributed by atoms with Crippen molar-refractivity contribution in [1.82, 2.24) is 9.62 Å². The number of nitrogens with zero attached hydrogens (tertiary/aromatic N) is 1. The number of aryl methyl sites for hydroxylation is 1. The summed E-state index contributed by atoms with van der Waals surface area (Å²) < 4.78 is 27.0. The Morgan fingerprint density at radius 2 is 1.64 bits per heavy atom. The van der Waals surface area contributed by atoms with Crippen molar-refractivity contribution in [2.24, 2.45) is 0 Å². The van der Waals surface area contributed by atoms with Gasteiger partial charge in [0.15, 0.2) is 0 Å². The van der Waals surface area contributed by atoms with E-state index in [1.807, 2.05) is 0 Å². The second-order valence-electron chi connectivity index (χ2n) is 5.62. The second kappa shape index (κ2) is 6.59. The van der Waals surface area contributed by atoms with E-state index in [9.17, 15) is 18.0 Å². The lowest BCUT2D eigenvalue weighted by atomic mass is 10.1. The molecule has 0 radical (unpaired) electrons. The lowest BCUT2D eigenvalue weighted by molar-refractivity contribution is 0.0657. The van der Waals surface area contributed by atoms with Crippen LogP contribution in [0.2, 0.25) is 5.02 Å². The third-order valence-corrected chi connectivity index (χ3v) is 5.83. The van der Waals surface area contributed by atoms with Crippen molar-refractivity contribution in [2.45, 2.75) is 11.8 Å². The third-order valence-electron chi connectivity index (χ3n) is 3.95. The maximum atomic E-state index is 12.3. The summed E-state index contributed by atoms with van der Waals surface area (Å²) in [4.78, 5) is 25.6. The van der Waals surface area contributed by atoms with Crippen molar-refractivity contribution < 1.29 is 18.0 Å². The number of benzene rings is 2. The number of fused-ring (bicyclic) bond motifs is 1. The van der Waals surface area contributed by atoms with Gasteiger partial charge in [-0.1, -0.05) is 23.7 Å². The minimum atomic E-state index is -3.75. The Bertz CT molecular complexity index is 937. The van der Waals surface area contributed by atoms with Gasteiger partial charge in [-0.05, 0) is 42.8 Å². The van der Waals surface area contributed by atoms with Crippen molar-refractivity contribution in [3.8, 4) is 0 Å². The van der Waals surface area contributed by atoms with Crippen LogP contribution in [0.5, 0.6) is 0 Å². The lowest BCUT2D eigenvalue weighted by Crippen LogP contribution is -2.38. The van der Waals surface area contributed by atoms with E-state index in [0.717, 1.165) is 4.90 Å². The monoisotopic (exact) mass is 378 g/mol. The molecule has 1 aliphatic rings. The summed E-state index contributed by atoms with van der Waals surface area (Å²) in [7, 11) is -3.75. The zero-order chi connectivity index (χ0) is 18.2. The molecule has 0 spiro atoms. The van der Waals surface area contributed by atoms with E-state index < -0.39 is 21.8 Å². The highest BCUT2D eigenvalue weighted by atomic mass is 35.5. The Morgan fingerprint density at radius 1 is 1.04 bits per heavy atom. The highest BCUT2D eigenvalue weighted by Gasteiger charge is 2.34. The van der Waals surface area contributed by atoms with Crippen LogP contribution in [0.3, 0.4) is 0 Å². The highest BCUT2D eigenvalue weighted by Crippen LogP contribution is 2.22. The smallest absolute Gasteiger partial charge is 0.261 e. The minimum absolute atomic E-state index is 0.0435. The van der Waals surface area contributed by atoms with E-state index in [1.54, 1.807) is 31.2 Å².